The lowest BCUT2D eigenvalue weighted by molar-refractivity contribution is 0.992. The van der Waals surface area contributed by atoms with E-state index in [-0.39, 0.29) is 12.4 Å². The van der Waals surface area contributed by atoms with Crippen LogP contribution >= 0.6 is 12.4 Å². The smallest absolute Gasteiger partial charge is 0.139 e. The van der Waals surface area contributed by atoms with Gasteiger partial charge >= 0.3 is 0 Å². The number of hydrogen-bond acceptors (Lipinski definition) is 3. The van der Waals surface area contributed by atoms with E-state index in [4.69, 9.17) is 10.7 Å². The Labute approximate surface area is 129 Å². The van der Waals surface area contributed by atoms with Gasteiger partial charge in [-0.2, -0.15) is 0 Å². The fraction of sp³-hybridized carbons (Fsp3) is 0.118. The second kappa shape index (κ2) is 5.26. The average molecular weight is 298 g/mol. The van der Waals surface area contributed by atoms with Crippen LogP contribution in [-0.2, 0) is 6.42 Å². The molecule has 3 aromatic rings. The van der Waals surface area contributed by atoms with Gasteiger partial charge in [0.15, 0.2) is 0 Å². The standard InChI is InChI=1S/C17H15N3.ClH/c18-16-13-8-4-5-9-15(13)19-17-14(16)10-11-20(17)12-6-2-1-3-7-12;/h1-9H,10-11H2,(H2,18,19);1H. The first-order valence-corrected chi connectivity index (χ1v) is 6.84. The minimum absolute atomic E-state index is 0. The summed E-state index contributed by atoms with van der Waals surface area (Å²) in [7, 11) is 0. The maximum absolute atomic E-state index is 6.34. The molecule has 0 bridgehead atoms. The Balaban J connectivity index is 0.00000132. The lowest BCUT2D eigenvalue weighted by atomic mass is 10.1. The van der Waals surface area contributed by atoms with Crippen LogP contribution in [-0.4, -0.2) is 11.5 Å². The van der Waals surface area contributed by atoms with Gasteiger partial charge in [-0.25, -0.2) is 4.98 Å². The van der Waals surface area contributed by atoms with Crippen molar-refractivity contribution in [2.45, 2.75) is 6.42 Å². The number of anilines is 3. The van der Waals surface area contributed by atoms with Crippen molar-refractivity contribution >= 4 is 40.5 Å². The molecule has 0 fully saturated rings. The monoisotopic (exact) mass is 297 g/mol. The highest BCUT2D eigenvalue weighted by Crippen LogP contribution is 2.38. The molecule has 0 unspecified atom stereocenters. The first-order valence-electron chi connectivity index (χ1n) is 6.84. The van der Waals surface area contributed by atoms with E-state index in [0.29, 0.717) is 0 Å². The van der Waals surface area contributed by atoms with Crippen LogP contribution in [0, 0.1) is 0 Å². The fourth-order valence-electron chi connectivity index (χ4n) is 2.92. The summed E-state index contributed by atoms with van der Waals surface area (Å²) in [6.45, 7) is 0.937. The molecular weight excluding hydrogens is 282 g/mol. The predicted molar refractivity (Wildman–Crippen MR) is 90.6 cm³/mol. The van der Waals surface area contributed by atoms with E-state index in [0.717, 1.165) is 35.4 Å². The molecule has 106 valence electrons. The van der Waals surface area contributed by atoms with E-state index < -0.39 is 0 Å². The number of nitrogens with two attached hydrogens (primary N) is 1. The summed E-state index contributed by atoms with van der Waals surface area (Å²) in [5.41, 5.74) is 10.5. The zero-order chi connectivity index (χ0) is 13.5. The van der Waals surface area contributed by atoms with Crippen LogP contribution in [0.1, 0.15) is 5.56 Å². The minimum atomic E-state index is 0. The maximum Gasteiger partial charge on any atom is 0.139 e. The summed E-state index contributed by atoms with van der Waals surface area (Å²) in [5, 5.41) is 1.06. The van der Waals surface area contributed by atoms with Crippen LogP contribution in [0.2, 0.25) is 0 Å². The number of halogens is 1. The van der Waals surface area contributed by atoms with Gasteiger partial charge in [0, 0.05) is 28.9 Å². The number of benzene rings is 2. The topological polar surface area (TPSA) is 42.1 Å². The van der Waals surface area contributed by atoms with Crippen LogP contribution in [0.25, 0.3) is 10.9 Å². The summed E-state index contributed by atoms with van der Waals surface area (Å²) in [6, 6.07) is 18.4. The van der Waals surface area contributed by atoms with Gasteiger partial charge in [-0.15, -0.1) is 12.4 Å². The van der Waals surface area contributed by atoms with Crippen molar-refractivity contribution in [1.82, 2.24) is 4.98 Å². The Bertz CT molecular complexity index is 787. The predicted octanol–water partition coefficient (Wildman–Crippen LogP) is 3.93. The Morgan fingerprint density at radius 1 is 0.952 bits per heavy atom. The van der Waals surface area contributed by atoms with Gasteiger partial charge in [0.25, 0.3) is 0 Å². The molecule has 4 heteroatoms. The molecule has 3 nitrogen and oxygen atoms in total. The highest BCUT2D eigenvalue weighted by atomic mass is 35.5. The highest BCUT2D eigenvalue weighted by Gasteiger charge is 2.25. The number of pyridine rings is 1. The van der Waals surface area contributed by atoms with Gasteiger partial charge in [-0.1, -0.05) is 36.4 Å². The molecule has 1 aromatic heterocycles. The summed E-state index contributed by atoms with van der Waals surface area (Å²) < 4.78 is 0. The Morgan fingerprint density at radius 3 is 2.48 bits per heavy atom. The number of aromatic nitrogens is 1. The average Bonchev–Trinajstić information content (AvgIpc) is 2.92. The largest absolute Gasteiger partial charge is 0.398 e. The minimum Gasteiger partial charge on any atom is -0.398 e. The summed E-state index contributed by atoms with van der Waals surface area (Å²) in [6.07, 6.45) is 0.952. The van der Waals surface area contributed by atoms with Crippen molar-refractivity contribution in [3.63, 3.8) is 0 Å². The van der Waals surface area contributed by atoms with Crippen molar-refractivity contribution < 1.29 is 0 Å². The van der Waals surface area contributed by atoms with E-state index in [1.807, 2.05) is 30.3 Å². The first-order chi connectivity index (χ1) is 9.84. The molecule has 0 saturated carbocycles. The number of nitrogens with zero attached hydrogens (tertiary/aromatic N) is 2. The van der Waals surface area contributed by atoms with Crippen LogP contribution in [0.15, 0.2) is 54.6 Å². The van der Waals surface area contributed by atoms with Gasteiger partial charge in [0.2, 0.25) is 0 Å². The molecule has 0 radical (unpaired) electrons. The maximum atomic E-state index is 6.34. The van der Waals surface area contributed by atoms with E-state index in [2.05, 4.69) is 29.2 Å². The summed E-state index contributed by atoms with van der Waals surface area (Å²) in [5.74, 6) is 1.01. The van der Waals surface area contributed by atoms with Gasteiger partial charge in [0.05, 0.1) is 5.52 Å². The van der Waals surface area contributed by atoms with Crippen LogP contribution in [0.5, 0.6) is 0 Å². The van der Waals surface area contributed by atoms with Gasteiger partial charge < -0.3 is 10.6 Å². The van der Waals surface area contributed by atoms with Crippen LogP contribution < -0.4 is 10.6 Å². The third kappa shape index (κ3) is 2.10. The van der Waals surface area contributed by atoms with E-state index >= 15 is 0 Å². The highest BCUT2D eigenvalue weighted by molar-refractivity contribution is 5.95. The number of para-hydroxylation sites is 2. The SMILES string of the molecule is Cl.Nc1c2c(nc3ccccc13)N(c1ccccc1)CC2. The zero-order valence-corrected chi connectivity index (χ0v) is 12.3. The molecule has 0 atom stereocenters. The molecule has 2 N–H and O–H groups in total. The Kier molecular flexibility index (Phi) is 3.43. The van der Waals surface area contributed by atoms with E-state index in [9.17, 15) is 0 Å². The molecule has 0 aliphatic carbocycles. The van der Waals surface area contributed by atoms with Crippen molar-refractivity contribution in [1.29, 1.82) is 0 Å². The van der Waals surface area contributed by atoms with Gasteiger partial charge in [-0.05, 0) is 24.6 Å². The zero-order valence-electron chi connectivity index (χ0n) is 11.5. The molecule has 2 heterocycles. The molecule has 1 aliphatic heterocycles. The molecule has 0 spiro atoms. The summed E-state index contributed by atoms with van der Waals surface area (Å²) in [4.78, 5) is 7.07. The molecule has 2 aromatic carbocycles. The molecule has 4 rings (SSSR count). The Hall–Kier alpha value is -2.26. The molecule has 21 heavy (non-hydrogen) atoms. The van der Waals surface area contributed by atoms with E-state index in [1.165, 1.54) is 11.3 Å². The van der Waals surface area contributed by atoms with Crippen molar-refractivity contribution in [2.75, 3.05) is 17.2 Å². The van der Waals surface area contributed by atoms with Crippen molar-refractivity contribution in [3.8, 4) is 0 Å². The first kappa shape index (κ1) is 13.7. The molecular formula is C17H16ClN3. The van der Waals surface area contributed by atoms with Crippen LogP contribution in [0.4, 0.5) is 17.2 Å². The normalized spacial score (nSPS) is 13.0. The van der Waals surface area contributed by atoms with E-state index in [1.54, 1.807) is 0 Å². The lowest BCUT2D eigenvalue weighted by Gasteiger charge is -2.19. The number of rotatable bonds is 1. The summed E-state index contributed by atoms with van der Waals surface area (Å²) >= 11 is 0. The Morgan fingerprint density at radius 2 is 1.67 bits per heavy atom. The molecule has 1 aliphatic rings. The quantitative estimate of drug-likeness (QED) is 0.740. The second-order valence-electron chi connectivity index (χ2n) is 5.08. The van der Waals surface area contributed by atoms with Crippen molar-refractivity contribution in [3.05, 3.63) is 60.2 Å². The third-order valence-electron chi connectivity index (χ3n) is 3.92. The third-order valence-corrected chi connectivity index (χ3v) is 3.92. The second-order valence-corrected chi connectivity index (χ2v) is 5.08. The molecule has 0 saturated heterocycles. The molecule has 0 amide bonds. The number of hydrogen-bond donors (Lipinski definition) is 1. The fourth-order valence-corrected chi connectivity index (χ4v) is 2.92. The number of fused-ring (bicyclic) bond motifs is 2. The van der Waals surface area contributed by atoms with Gasteiger partial charge in [-0.3, -0.25) is 0 Å². The van der Waals surface area contributed by atoms with Gasteiger partial charge in [0.1, 0.15) is 5.82 Å². The number of nitrogen functional groups attached to an aromatic ring is 1. The lowest BCUT2D eigenvalue weighted by Crippen LogP contribution is -2.14. The van der Waals surface area contributed by atoms with Crippen molar-refractivity contribution in [2.24, 2.45) is 0 Å². The van der Waals surface area contributed by atoms with Crippen LogP contribution in [0.3, 0.4) is 0 Å².